The van der Waals surface area contributed by atoms with Crippen molar-refractivity contribution in [2.75, 3.05) is 13.7 Å². The zero-order valence-corrected chi connectivity index (χ0v) is 14.5. The largest absolute Gasteiger partial charge is 0.497 e. The summed E-state index contributed by atoms with van der Waals surface area (Å²) in [6, 6.07) is 13.6. The quantitative estimate of drug-likeness (QED) is 0.442. The molecule has 27 heavy (non-hydrogen) atoms. The Bertz CT molecular complexity index is 920. The molecule has 0 aliphatic heterocycles. The first-order chi connectivity index (χ1) is 13.2. The van der Waals surface area contributed by atoms with Gasteiger partial charge in [0.1, 0.15) is 17.8 Å². The first-order valence-electron chi connectivity index (χ1n) is 7.98. The van der Waals surface area contributed by atoms with Crippen molar-refractivity contribution in [3.8, 4) is 22.9 Å². The minimum atomic E-state index is -0.587. The number of aromatic nitrogens is 2. The van der Waals surface area contributed by atoms with Gasteiger partial charge in [-0.25, -0.2) is 4.79 Å². The lowest BCUT2D eigenvalue weighted by atomic mass is 10.2. The number of hydrogen-bond acceptors (Lipinski definition) is 8. The number of carbonyl (C=O) groups excluding carboxylic acids is 2. The van der Waals surface area contributed by atoms with Crippen molar-refractivity contribution >= 4 is 12.3 Å². The molecule has 8 heteroatoms. The molecule has 3 rings (SSSR count). The van der Waals surface area contributed by atoms with Crippen LogP contribution in [0.3, 0.4) is 0 Å². The van der Waals surface area contributed by atoms with Gasteiger partial charge in [0, 0.05) is 11.1 Å². The van der Waals surface area contributed by atoms with Crippen molar-refractivity contribution in [3.05, 3.63) is 60.0 Å². The Morgan fingerprint density at radius 2 is 1.96 bits per heavy atom. The number of aldehydes is 1. The van der Waals surface area contributed by atoms with E-state index in [9.17, 15) is 9.59 Å². The first-order valence-corrected chi connectivity index (χ1v) is 7.98. The molecule has 0 fully saturated rings. The number of methoxy groups -OCH3 is 1. The van der Waals surface area contributed by atoms with E-state index in [0.29, 0.717) is 22.9 Å². The lowest BCUT2D eigenvalue weighted by molar-refractivity contribution is -0.148. The van der Waals surface area contributed by atoms with Gasteiger partial charge in [-0.1, -0.05) is 17.3 Å². The number of hydrogen-bond donors (Lipinski definition) is 0. The lowest BCUT2D eigenvalue weighted by Gasteiger charge is -2.05. The van der Waals surface area contributed by atoms with E-state index in [4.69, 9.17) is 18.7 Å². The monoisotopic (exact) mass is 368 g/mol. The third-order valence-electron chi connectivity index (χ3n) is 3.53. The van der Waals surface area contributed by atoms with Crippen LogP contribution in [-0.2, 0) is 16.1 Å². The third-order valence-corrected chi connectivity index (χ3v) is 3.53. The fraction of sp³-hybridized carbons (Fsp3) is 0.158. The summed E-state index contributed by atoms with van der Waals surface area (Å²) in [5, 5.41) is 3.86. The molecule has 0 aliphatic rings. The average Bonchev–Trinajstić information content (AvgIpc) is 3.20. The Morgan fingerprint density at radius 3 is 2.70 bits per heavy atom. The summed E-state index contributed by atoms with van der Waals surface area (Å²) in [5.41, 5.74) is 1.24. The van der Waals surface area contributed by atoms with Crippen LogP contribution in [0.5, 0.6) is 11.5 Å². The Labute approximate surface area is 154 Å². The van der Waals surface area contributed by atoms with Crippen LogP contribution in [0.2, 0.25) is 0 Å². The highest BCUT2D eigenvalue weighted by atomic mass is 16.6. The number of carbonyl (C=O) groups is 2. The van der Waals surface area contributed by atoms with E-state index in [0.717, 1.165) is 11.8 Å². The maximum atomic E-state index is 11.8. The molecule has 3 aromatic rings. The summed E-state index contributed by atoms with van der Waals surface area (Å²) in [7, 11) is 1.57. The Hall–Kier alpha value is -3.68. The predicted octanol–water partition coefficient (Wildman–Crippen LogP) is 2.68. The van der Waals surface area contributed by atoms with Crippen molar-refractivity contribution in [2.24, 2.45) is 0 Å². The second-order valence-corrected chi connectivity index (χ2v) is 5.38. The Kier molecular flexibility index (Phi) is 5.78. The van der Waals surface area contributed by atoms with Gasteiger partial charge in [-0.3, -0.25) is 4.79 Å². The van der Waals surface area contributed by atoms with Crippen molar-refractivity contribution < 1.29 is 28.3 Å². The molecule has 0 atom stereocenters. The van der Waals surface area contributed by atoms with Crippen LogP contribution in [0, 0.1) is 0 Å². The molecule has 2 aromatic carbocycles. The lowest BCUT2D eigenvalue weighted by Crippen LogP contribution is -2.14. The van der Waals surface area contributed by atoms with Crippen LogP contribution >= 0.6 is 0 Å². The van der Waals surface area contributed by atoms with Gasteiger partial charge in [-0.05, 0) is 36.4 Å². The van der Waals surface area contributed by atoms with Gasteiger partial charge in [0.25, 0.3) is 5.89 Å². The average molecular weight is 368 g/mol. The smallest absolute Gasteiger partial charge is 0.344 e. The Morgan fingerprint density at radius 1 is 1.15 bits per heavy atom. The van der Waals surface area contributed by atoms with Crippen molar-refractivity contribution in [3.63, 3.8) is 0 Å². The zero-order valence-electron chi connectivity index (χ0n) is 14.5. The van der Waals surface area contributed by atoms with Crippen molar-refractivity contribution in [1.29, 1.82) is 0 Å². The Balaban J connectivity index is 1.50. The minimum absolute atomic E-state index is 0.163. The molecule has 8 nitrogen and oxygen atoms in total. The second kappa shape index (κ2) is 8.61. The summed E-state index contributed by atoms with van der Waals surface area (Å²) in [5.74, 6) is 1.07. The molecule has 0 spiro atoms. The molecule has 0 saturated carbocycles. The number of nitrogens with zero attached hydrogens (tertiary/aromatic N) is 2. The second-order valence-electron chi connectivity index (χ2n) is 5.38. The molecule has 0 radical (unpaired) electrons. The fourth-order valence-corrected chi connectivity index (χ4v) is 2.16. The van der Waals surface area contributed by atoms with Crippen LogP contribution in [0.25, 0.3) is 11.4 Å². The first kappa shape index (κ1) is 18.1. The van der Waals surface area contributed by atoms with Crippen molar-refractivity contribution in [2.45, 2.75) is 6.61 Å². The summed E-state index contributed by atoms with van der Waals surface area (Å²) < 4.78 is 20.6. The number of benzene rings is 2. The SMILES string of the molecule is COc1cccc(-c2noc(COC(=O)COc3ccc(C=O)cc3)n2)c1. The van der Waals surface area contributed by atoms with Gasteiger partial charge in [-0.2, -0.15) is 4.98 Å². The number of esters is 1. The van der Waals surface area contributed by atoms with E-state index < -0.39 is 5.97 Å². The van der Waals surface area contributed by atoms with Gasteiger partial charge in [0.05, 0.1) is 7.11 Å². The highest BCUT2D eigenvalue weighted by molar-refractivity contribution is 5.75. The van der Waals surface area contributed by atoms with E-state index in [1.165, 1.54) is 0 Å². The maximum Gasteiger partial charge on any atom is 0.344 e. The van der Waals surface area contributed by atoms with E-state index >= 15 is 0 Å². The molecule has 0 amide bonds. The van der Waals surface area contributed by atoms with Gasteiger partial charge >= 0.3 is 5.97 Å². The van der Waals surface area contributed by atoms with Crippen LogP contribution in [0.4, 0.5) is 0 Å². The summed E-state index contributed by atoms with van der Waals surface area (Å²) in [6.45, 7) is -0.444. The van der Waals surface area contributed by atoms with Crippen LogP contribution in [-0.4, -0.2) is 36.1 Å². The van der Waals surface area contributed by atoms with Crippen LogP contribution < -0.4 is 9.47 Å². The molecular formula is C19H16N2O6. The van der Waals surface area contributed by atoms with E-state index in [-0.39, 0.29) is 19.1 Å². The third kappa shape index (κ3) is 4.91. The highest BCUT2D eigenvalue weighted by Gasteiger charge is 2.12. The topological polar surface area (TPSA) is 101 Å². The molecule has 0 unspecified atom stereocenters. The summed E-state index contributed by atoms with van der Waals surface area (Å²) >= 11 is 0. The summed E-state index contributed by atoms with van der Waals surface area (Å²) in [6.07, 6.45) is 0.724. The van der Waals surface area contributed by atoms with Gasteiger partial charge in [0.2, 0.25) is 5.82 Å². The van der Waals surface area contributed by atoms with E-state index in [1.807, 2.05) is 12.1 Å². The normalized spacial score (nSPS) is 10.3. The molecule has 1 heterocycles. The molecule has 0 bridgehead atoms. The van der Waals surface area contributed by atoms with E-state index in [2.05, 4.69) is 10.1 Å². The minimum Gasteiger partial charge on any atom is -0.497 e. The molecule has 0 aliphatic carbocycles. The highest BCUT2D eigenvalue weighted by Crippen LogP contribution is 2.21. The van der Waals surface area contributed by atoms with Crippen LogP contribution in [0.1, 0.15) is 16.2 Å². The molecule has 0 saturated heterocycles. The van der Waals surface area contributed by atoms with Gasteiger partial charge in [0.15, 0.2) is 13.2 Å². The van der Waals surface area contributed by atoms with Gasteiger partial charge in [-0.15, -0.1) is 0 Å². The molecule has 1 aromatic heterocycles. The molecule has 138 valence electrons. The number of rotatable bonds is 8. The summed E-state index contributed by atoms with van der Waals surface area (Å²) in [4.78, 5) is 26.5. The fourth-order valence-electron chi connectivity index (χ4n) is 2.16. The van der Waals surface area contributed by atoms with Crippen LogP contribution in [0.15, 0.2) is 53.1 Å². The molecule has 0 N–H and O–H groups in total. The molecular weight excluding hydrogens is 352 g/mol. The maximum absolute atomic E-state index is 11.8. The van der Waals surface area contributed by atoms with Crippen molar-refractivity contribution in [1.82, 2.24) is 10.1 Å². The number of ether oxygens (including phenoxy) is 3. The van der Waals surface area contributed by atoms with E-state index in [1.54, 1.807) is 43.5 Å². The predicted molar refractivity (Wildman–Crippen MR) is 93.4 cm³/mol. The standard InChI is InChI=1S/C19H16N2O6/c1-24-16-4-2-3-14(9-16)19-20-17(27-21-19)11-26-18(23)12-25-15-7-5-13(10-22)6-8-15/h2-10H,11-12H2,1H3. The zero-order chi connectivity index (χ0) is 19.1. The van der Waals surface area contributed by atoms with Gasteiger partial charge < -0.3 is 18.7 Å².